The maximum absolute atomic E-state index is 10.3. The highest BCUT2D eigenvalue weighted by Crippen LogP contribution is 2.27. The van der Waals surface area contributed by atoms with Crippen molar-refractivity contribution in [3.05, 3.63) is 42.9 Å². The molecule has 15 heavy (non-hydrogen) atoms. The first-order valence-corrected chi connectivity index (χ1v) is 4.37. The third-order valence-electron chi connectivity index (χ3n) is 1.92. The van der Waals surface area contributed by atoms with Gasteiger partial charge < -0.3 is 4.74 Å². The van der Waals surface area contributed by atoms with E-state index < -0.39 is 0 Å². The molecule has 0 aliphatic carbocycles. The topological polar surface area (TPSA) is 52.1 Å². The van der Waals surface area contributed by atoms with Gasteiger partial charge in [-0.2, -0.15) is 0 Å². The van der Waals surface area contributed by atoms with E-state index in [0.717, 1.165) is 11.3 Å². The summed E-state index contributed by atoms with van der Waals surface area (Å²) in [6, 6.07) is 8.96. The Morgan fingerprint density at radius 2 is 2.07 bits per heavy atom. The van der Waals surface area contributed by atoms with Gasteiger partial charge in [-0.25, -0.2) is 9.97 Å². The molecule has 0 unspecified atom stereocenters. The van der Waals surface area contributed by atoms with Crippen molar-refractivity contribution in [2.45, 2.75) is 0 Å². The van der Waals surface area contributed by atoms with Gasteiger partial charge in [0.25, 0.3) is 6.47 Å². The predicted octanol–water partition coefficient (Wildman–Crippen LogP) is 1.68. The molecule has 0 amide bonds. The molecular weight excluding hydrogens is 192 g/mol. The van der Waals surface area contributed by atoms with Crippen LogP contribution >= 0.6 is 0 Å². The minimum Gasteiger partial charge on any atom is -0.428 e. The Hall–Kier alpha value is -2.23. The summed E-state index contributed by atoms with van der Waals surface area (Å²) in [5.41, 5.74) is 1.49. The van der Waals surface area contributed by atoms with Crippen molar-refractivity contribution in [3.8, 4) is 17.0 Å². The summed E-state index contributed by atoms with van der Waals surface area (Å²) in [5.74, 6) is 0.492. The zero-order valence-corrected chi connectivity index (χ0v) is 7.83. The fraction of sp³-hybridized carbons (Fsp3) is 0. The highest BCUT2D eigenvalue weighted by Gasteiger charge is 2.05. The van der Waals surface area contributed by atoms with E-state index in [-0.39, 0.29) is 0 Å². The Balaban J connectivity index is 2.48. The summed E-state index contributed by atoms with van der Waals surface area (Å²) < 4.78 is 4.85. The Morgan fingerprint density at radius 1 is 1.20 bits per heavy atom. The number of benzene rings is 1. The molecule has 0 aliphatic heterocycles. The number of carbonyl (C=O) groups excluding carboxylic acids is 1. The number of rotatable bonds is 3. The molecule has 0 spiro atoms. The van der Waals surface area contributed by atoms with Gasteiger partial charge in [-0.15, -0.1) is 0 Å². The van der Waals surface area contributed by atoms with E-state index >= 15 is 0 Å². The summed E-state index contributed by atoms with van der Waals surface area (Å²) in [7, 11) is 0. The van der Waals surface area contributed by atoms with Crippen molar-refractivity contribution < 1.29 is 9.53 Å². The quantitative estimate of drug-likeness (QED) is 0.707. The van der Waals surface area contributed by atoms with Crippen LogP contribution in [0.1, 0.15) is 0 Å². The highest BCUT2D eigenvalue weighted by molar-refractivity contribution is 5.68. The van der Waals surface area contributed by atoms with E-state index in [0.29, 0.717) is 12.2 Å². The predicted molar refractivity (Wildman–Crippen MR) is 54.2 cm³/mol. The molecule has 4 nitrogen and oxygen atoms in total. The van der Waals surface area contributed by atoms with E-state index in [4.69, 9.17) is 4.74 Å². The van der Waals surface area contributed by atoms with E-state index in [1.165, 1.54) is 6.33 Å². The number of hydrogen-bond donors (Lipinski definition) is 0. The first kappa shape index (κ1) is 9.33. The molecule has 0 fully saturated rings. The van der Waals surface area contributed by atoms with Gasteiger partial charge >= 0.3 is 0 Å². The van der Waals surface area contributed by atoms with Crippen LogP contribution in [-0.4, -0.2) is 16.4 Å². The Morgan fingerprint density at radius 3 is 2.80 bits per heavy atom. The Kier molecular flexibility index (Phi) is 2.69. The van der Waals surface area contributed by atoms with Crippen LogP contribution in [0.15, 0.2) is 42.9 Å². The zero-order chi connectivity index (χ0) is 10.5. The smallest absolute Gasteiger partial charge is 0.298 e. The first-order valence-electron chi connectivity index (χ1n) is 4.37. The van der Waals surface area contributed by atoms with E-state index in [9.17, 15) is 4.79 Å². The number of ether oxygens (including phenoxy) is 1. The lowest BCUT2D eigenvalue weighted by atomic mass is 10.1. The van der Waals surface area contributed by atoms with Crippen LogP contribution in [-0.2, 0) is 4.79 Å². The number of aromatic nitrogens is 2. The third kappa shape index (κ3) is 1.99. The average Bonchev–Trinajstić information content (AvgIpc) is 2.31. The van der Waals surface area contributed by atoms with Crippen molar-refractivity contribution in [2.24, 2.45) is 0 Å². The molecule has 2 rings (SSSR count). The second-order valence-corrected chi connectivity index (χ2v) is 2.80. The molecule has 0 N–H and O–H groups in total. The maximum Gasteiger partial charge on any atom is 0.298 e. The van der Waals surface area contributed by atoms with Crippen molar-refractivity contribution >= 4 is 6.47 Å². The molecule has 1 aromatic heterocycles. The van der Waals surface area contributed by atoms with Crippen LogP contribution < -0.4 is 4.74 Å². The lowest BCUT2D eigenvalue weighted by Gasteiger charge is -2.05. The van der Waals surface area contributed by atoms with Crippen LogP contribution in [0.3, 0.4) is 0 Å². The normalized spacial score (nSPS) is 9.60. The van der Waals surface area contributed by atoms with E-state index in [1.54, 1.807) is 24.4 Å². The second kappa shape index (κ2) is 4.32. The van der Waals surface area contributed by atoms with Crippen molar-refractivity contribution in [1.82, 2.24) is 9.97 Å². The lowest BCUT2D eigenvalue weighted by molar-refractivity contribution is -0.120. The summed E-state index contributed by atoms with van der Waals surface area (Å²) in [6.07, 6.45) is 3.09. The van der Waals surface area contributed by atoms with Gasteiger partial charge in [0.05, 0.1) is 5.69 Å². The SMILES string of the molecule is O=COc1ccccc1-c1ccncn1. The highest BCUT2D eigenvalue weighted by atomic mass is 16.5. The number of carbonyl (C=O) groups is 1. The fourth-order valence-electron chi connectivity index (χ4n) is 1.28. The molecule has 0 radical (unpaired) electrons. The average molecular weight is 200 g/mol. The Labute approximate surface area is 86.6 Å². The summed E-state index contributed by atoms with van der Waals surface area (Å²) in [5, 5.41) is 0. The second-order valence-electron chi connectivity index (χ2n) is 2.80. The summed E-state index contributed by atoms with van der Waals surface area (Å²) in [4.78, 5) is 18.2. The fourth-order valence-corrected chi connectivity index (χ4v) is 1.28. The molecule has 4 heteroatoms. The molecule has 0 aliphatic rings. The minimum absolute atomic E-state index is 0.403. The van der Waals surface area contributed by atoms with Crippen molar-refractivity contribution in [3.63, 3.8) is 0 Å². The molecule has 0 atom stereocenters. The molecule has 1 aromatic carbocycles. The van der Waals surface area contributed by atoms with Crippen LogP contribution in [0, 0.1) is 0 Å². The van der Waals surface area contributed by atoms with Gasteiger partial charge in [-0.3, -0.25) is 4.79 Å². The third-order valence-corrected chi connectivity index (χ3v) is 1.92. The van der Waals surface area contributed by atoms with Crippen molar-refractivity contribution in [2.75, 3.05) is 0 Å². The molecule has 74 valence electrons. The van der Waals surface area contributed by atoms with E-state index in [1.807, 2.05) is 12.1 Å². The summed E-state index contributed by atoms with van der Waals surface area (Å²) in [6.45, 7) is 0.403. The standard InChI is InChI=1S/C11H8N2O2/c14-8-15-11-4-2-1-3-9(11)10-5-6-12-7-13-10/h1-8H. The molecule has 0 saturated heterocycles. The van der Waals surface area contributed by atoms with Gasteiger partial charge in [0, 0.05) is 11.8 Å². The first-order chi connectivity index (χ1) is 7.42. The van der Waals surface area contributed by atoms with Crippen molar-refractivity contribution in [1.29, 1.82) is 0 Å². The largest absolute Gasteiger partial charge is 0.428 e. The number of nitrogens with zero attached hydrogens (tertiary/aromatic N) is 2. The van der Waals surface area contributed by atoms with Gasteiger partial charge in [-0.1, -0.05) is 12.1 Å². The number of para-hydroxylation sites is 1. The van der Waals surface area contributed by atoms with Gasteiger partial charge in [0.15, 0.2) is 0 Å². The Bertz CT molecular complexity index is 457. The number of hydrogen-bond acceptors (Lipinski definition) is 4. The van der Waals surface area contributed by atoms with Crippen LogP contribution in [0.25, 0.3) is 11.3 Å². The van der Waals surface area contributed by atoms with Gasteiger partial charge in [-0.05, 0) is 18.2 Å². The summed E-state index contributed by atoms with van der Waals surface area (Å²) >= 11 is 0. The molecule has 0 bridgehead atoms. The monoisotopic (exact) mass is 200 g/mol. The van der Waals surface area contributed by atoms with Gasteiger partial charge in [0.1, 0.15) is 12.1 Å². The maximum atomic E-state index is 10.3. The molecule has 0 saturated carbocycles. The van der Waals surface area contributed by atoms with E-state index in [2.05, 4.69) is 9.97 Å². The minimum atomic E-state index is 0.403. The van der Waals surface area contributed by atoms with Gasteiger partial charge in [0.2, 0.25) is 0 Å². The van der Waals surface area contributed by atoms with Crippen LogP contribution in [0.2, 0.25) is 0 Å². The molecule has 1 heterocycles. The van der Waals surface area contributed by atoms with Crippen LogP contribution in [0.4, 0.5) is 0 Å². The molecular formula is C11H8N2O2. The lowest BCUT2D eigenvalue weighted by Crippen LogP contribution is -1.92. The van der Waals surface area contributed by atoms with Crippen LogP contribution in [0.5, 0.6) is 5.75 Å². The molecule has 2 aromatic rings. The zero-order valence-electron chi connectivity index (χ0n) is 7.83.